The van der Waals surface area contributed by atoms with Crippen LogP contribution in [0.4, 0.5) is 4.79 Å². The highest BCUT2D eigenvalue weighted by Crippen LogP contribution is 2.17. The lowest BCUT2D eigenvalue weighted by atomic mass is 10.2. The number of hydrogen-bond acceptors (Lipinski definition) is 4. The topological polar surface area (TPSA) is 89.4 Å². The van der Waals surface area contributed by atoms with Crippen LogP contribution in [0.3, 0.4) is 0 Å². The number of ether oxygens (including phenoxy) is 1. The Morgan fingerprint density at radius 1 is 1.00 bits per heavy atom. The molecule has 0 aliphatic rings. The molecule has 0 aliphatic carbocycles. The third-order valence-corrected chi connectivity index (χ3v) is 3.45. The fraction of sp³-hybridized carbons (Fsp3) is 0.235. The first kappa shape index (κ1) is 17.3. The second-order valence-corrected chi connectivity index (χ2v) is 5.20. The minimum atomic E-state index is -0.696. The molecule has 1 aromatic carbocycles. The number of aromatic nitrogens is 1. The number of nitrogens with one attached hydrogen (secondary N) is 2. The van der Waals surface area contributed by atoms with Gasteiger partial charge in [0, 0.05) is 24.1 Å². The first-order valence-corrected chi connectivity index (χ1v) is 7.36. The van der Waals surface area contributed by atoms with Gasteiger partial charge in [-0.05, 0) is 50.2 Å². The number of carbonyl (C=O) groups is 3. The van der Waals surface area contributed by atoms with E-state index in [0.29, 0.717) is 5.56 Å². The maximum atomic E-state index is 11.9. The number of nitrogens with zero attached hydrogens (tertiary/aromatic N) is 1. The fourth-order valence-electron chi connectivity index (χ4n) is 2.26. The number of amides is 3. The summed E-state index contributed by atoms with van der Waals surface area (Å²) in [5, 5.41) is 4.24. The van der Waals surface area contributed by atoms with Gasteiger partial charge in [-0.15, -0.1) is 0 Å². The van der Waals surface area contributed by atoms with Crippen molar-refractivity contribution in [3.05, 3.63) is 53.3 Å². The Bertz CT molecular complexity index is 743. The minimum absolute atomic E-state index is 0.328. The van der Waals surface area contributed by atoms with Crippen LogP contribution in [0.1, 0.15) is 21.7 Å². The molecule has 7 heteroatoms. The van der Waals surface area contributed by atoms with Crippen LogP contribution in [0.2, 0.25) is 0 Å². The molecule has 0 unspecified atom stereocenters. The average Bonchev–Trinajstić information content (AvgIpc) is 2.91. The highest BCUT2D eigenvalue weighted by molar-refractivity contribution is 5.96. The molecular weight excluding hydrogens is 310 g/mol. The van der Waals surface area contributed by atoms with E-state index in [2.05, 4.69) is 9.88 Å². The summed E-state index contributed by atoms with van der Waals surface area (Å²) in [5.74, 6) is -1.33. The van der Waals surface area contributed by atoms with Gasteiger partial charge in [-0.3, -0.25) is 10.1 Å². The molecular formula is C17H19N3O4. The Balaban J connectivity index is 1.99. The molecule has 0 bridgehead atoms. The highest BCUT2D eigenvalue weighted by Gasteiger charge is 2.12. The third-order valence-electron chi connectivity index (χ3n) is 3.45. The molecule has 2 N–H and O–H groups in total. The van der Waals surface area contributed by atoms with Gasteiger partial charge in [-0.25, -0.2) is 9.59 Å². The van der Waals surface area contributed by atoms with Gasteiger partial charge in [0.2, 0.25) is 0 Å². The van der Waals surface area contributed by atoms with E-state index in [1.54, 1.807) is 24.3 Å². The second-order valence-electron chi connectivity index (χ2n) is 5.20. The van der Waals surface area contributed by atoms with E-state index in [0.717, 1.165) is 17.1 Å². The quantitative estimate of drug-likeness (QED) is 0.836. The Kier molecular flexibility index (Phi) is 5.36. The molecule has 0 spiro atoms. The average molecular weight is 329 g/mol. The van der Waals surface area contributed by atoms with Crippen LogP contribution in [0.15, 0.2) is 36.4 Å². The molecule has 2 aromatic rings. The summed E-state index contributed by atoms with van der Waals surface area (Å²) in [7, 11) is 1.38. The van der Waals surface area contributed by atoms with Crippen molar-refractivity contribution >= 4 is 17.9 Å². The van der Waals surface area contributed by atoms with E-state index in [-0.39, 0.29) is 0 Å². The van der Waals surface area contributed by atoms with E-state index >= 15 is 0 Å². The molecule has 0 fully saturated rings. The van der Waals surface area contributed by atoms with E-state index in [1.165, 1.54) is 7.05 Å². The summed E-state index contributed by atoms with van der Waals surface area (Å²) in [5.41, 5.74) is 3.44. The number of imide groups is 1. The number of carbonyl (C=O) groups excluding carboxylic acids is 3. The van der Waals surface area contributed by atoms with Gasteiger partial charge in [0.05, 0.1) is 5.56 Å². The van der Waals surface area contributed by atoms with Crippen LogP contribution < -0.4 is 10.6 Å². The van der Waals surface area contributed by atoms with Crippen molar-refractivity contribution in [2.24, 2.45) is 0 Å². The highest BCUT2D eigenvalue weighted by atomic mass is 16.5. The smallest absolute Gasteiger partial charge is 0.338 e. The summed E-state index contributed by atoms with van der Waals surface area (Å²) in [6.45, 7) is 3.48. The lowest BCUT2D eigenvalue weighted by Gasteiger charge is -2.10. The molecule has 2 rings (SSSR count). The lowest BCUT2D eigenvalue weighted by molar-refractivity contribution is -0.123. The summed E-state index contributed by atoms with van der Waals surface area (Å²) in [4.78, 5) is 34.3. The van der Waals surface area contributed by atoms with Gasteiger partial charge in [0.1, 0.15) is 0 Å². The number of esters is 1. The standard InChI is InChI=1S/C17H19N3O4/c1-11-4-5-12(2)20(11)14-8-6-13(7-9-14)16(22)24-10-15(21)19-17(23)18-3/h4-9H,10H2,1-3H3,(H2,18,19,21,23). The van der Waals surface area contributed by atoms with Gasteiger partial charge in [-0.2, -0.15) is 0 Å². The lowest BCUT2D eigenvalue weighted by Crippen LogP contribution is -2.39. The van der Waals surface area contributed by atoms with Crippen molar-refractivity contribution in [2.75, 3.05) is 13.7 Å². The molecule has 0 saturated carbocycles. The summed E-state index contributed by atoms with van der Waals surface area (Å²) < 4.78 is 6.94. The predicted octanol–water partition coefficient (Wildman–Crippen LogP) is 1.71. The summed E-state index contributed by atoms with van der Waals surface area (Å²) in [6, 6.07) is 10.3. The maximum Gasteiger partial charge on any atom is 0.338 e. The first-order chi connectivity index (χ1) is 11.4. The molecule has 1 heterocycles. The van der Waals surface area contributed by atoms with Crippen LogP contribution in [-0.4, -0.2) is 36.1 Å². The molecule has 0 atom stereocenters. The van der Waals surface area contributed by atoms with E-state index in [9.17, 15) is 14.4 Å². The van der Waals surface area contributed by atoms with Crippen molar-refractivity contribution in [1.29, 1.82) is 0 Å². The van der Waals surface area contributed by atoms with Crippen LogP contribution in [0.25, 0.3) is 5.69 Å². The molecule has 0 radical (unpaired) electrons. The van der Waals surface area contributed by atoms with Gasteiger partial charge in [0.25, 0.3) is 5.91 Å². The van der Waals surface area contributed by atoms with Gasteiger partial charge >= 0.3 is 12.0 Å². The van der Waals surface area contributed by atoms with Crippen LogP contribution in [0, 0.1) is 13.8 Å². The Hall–Kier alpha value is -3.09. The molecule has 0 aliphatic heterocycles. The van der Waals surface area contributed by atoms with E-state index in [4.69, 9.17) is 4.74 Å². The Labute approximate surface area is 139 Å². The number of urea groups is 1. The molecule has 0 saturated heterocycles. The predicted molar refractivity (Wildman–Crippen MR) is 88.1 cm³/mol. The fourth-order valence-corrected chi connectivity index (χ4v) is 2.26. The number of rotatable bonds is 4. The molecule has 7 nitrogen and oxygen atoms in total. The minimum Gasteiger partial charge on any atom is -0.452 e. The zero-order valence-corrected chi connectivity index (χ0v) is 13.8. The monoisotopic (exact) mass is 329 g/mol. The number of benzene rings is 1. The van der Waals surface area contributed by atoms with Crippen LogP contribution >= 0.6 is 0 Å². The first-order valence-electron chi connectivity index (χ1n) is 7.36. The SMILES string of the molecule is CNC(=O)NC(=O)COC(=O)c1ccc(-n2c(C)ccc2C)cc1. The van der Waals surface area contributed by atoms with Crippen LogP contribution in [-0.2, 0) is 9.53 Å². The molecule has 1 aromatic heterocycles. The largest absolute Gasteiger partial charge is 0.452 e. The second kappa shape index (κ2) is 7.45. The Morgan fingerprint density at radius 2 is 1.58 bits per heavy atom. The molecule has 126 valence electrons. The van der Waals surface area contributed by atoms with Crippen molar-refractivity contribution in [2.45, 2.75) is 13.8 Å². The normalized spacial score (nSPS) is 10.1. The van der Waals surface area contributed by atoms with Crippen molar-refractivity contribution in [1.82, 2.24) is 15.2 Å². The van der Waals surface area contributed by atoms with E-state index in [1.807, 2.05) is 31.3 Å². The van der Waals surface area contributed by atoms with Crippen molar-refractivity contribution in [3.63, 3.8) is 0 Å². The maximum absolute atomic E-state index is 11.9. The van der Waals surface area contributed by atoms with Gasteiger partial charge in [-0.1, -0.05) is 0 Å². The molecule has 3 amide bonds. The molecule has 24 heavy (non-hydrogen) atoms. The van der Waals surface area contributed by atoms with Gasteiger partial charge < -0.3 is 14.6 Å². The zero-order chi connectivity index (χ0) is 17.7. The van der Waals surface area contributed by atoms with E-state index < -0.39 is 24.5 Å². The summed E-state index contributed by atoms with van der Waals surface area (Å²) in [6.07, 6.45) is 0. The number of hydrogen-bond donors (Lipinski definition) is 2. The van der Waals surface area contributed by atoms with Crippen molar-refractivity contribution in [3.8, 4) is 5.69 Å². The Morgan fingerprint density at radius 3 is 2.12 bits per heavy atom. The van der Waals surface area contributed by atoms with Crippen molar-refractivity contribution < 1.29 is 19.1 Å². The summed E-state index contributed by atoms with van der Waals surface area (Å²) >= 11 is 0. The van der Waals surface area contributed by atoms with Crippen LogP contribution in [0.5, 0.6) is 0 Å². The van der Waals surface area contributed by atoms with Gasteiger partial charge in [0.15, 0.2) is 6.61 Å². The third kappa shape index (κ3) is 4.01. The zero-order valence-electron chi connectivity index (χ0n) is 13.8. The number of aryl methyl sites for hydroxylation is 2.